The van der Waals surface area contributed by atoms with E-state index >= 15 is 0 Å². The Balaban J connectivity index is 2.00. The first-order chi connectivity index (χ1) is 8.56. The minimum atomic E-state index is 0.403. The highest BCUT2D eigenvalue weighted by Gasteiger charge is 2.21. The molecule has 18 heavy (non-hydrogen) atoms. The predicted octanol–water partition coefficient (Wildman–Crippen LogP) is 2.80. The van der Waals surface area contributed by atoms with Crippen LogP contribution in [-0.4, -0.2) is 23.0 Å². The van der Waals surface area contributed by atoms with E-state index in [1.54, 1.807) is 0 Å². The van der Waals surface area contributed by atoms with Crippen LogP contribution >= 0.6 is 12.2 Å². The first-order valence-corrected chi connectivity index (χ1v) is 7.05. The van der Waals surface area contributed by atoms with Gasteiger partial charge in [-0.3, -0.25) is 4.90 Å². The molecule has 0 saturated carbocycles. The van der Waals surface area contributed by atoms with Crippen molar-refractivity contribution in [3.8, 4) is 0 Å². The Morgan fingerprint density at radius 2 is 2.17 bits per heavy atom. The van der Waals surface area contributed by atoms with E-state index in [9.17, 15) is 0 Å². The Bertz CT molecular complexity index is 442. The second-order valence-corrected chi connectivity index (χ2v) is 5.87. The Labute approximate surface area is 115 Å². The third-order valence-corrected chi connectivity index (χ3v) is 4.22. The maximum absolute atomic E-state index is 5.77. The zero-order valence-corrected chi connectivity index (χ0v) is 12.1. The lowest BCUT2D eigenvalue weighted by atomic mass is 9.97. The number of likely N-dealkylation sites (tertiary alicyclic amines) is 1. The quantitative estimate of drug-likeness (QED) is 0.849. The molecule has 2 rings (SSSR count). The molecule has 1 saturated heterocycles. The standard InChI is InChI=1S/C15H22N2S/c1-11-5-6-13(8-12(11)2)9-17-7-3-4-14(10-17)15(16)18/h5-6,8,14H,3-4,7,9-10H2,1-2H3,(H2,16,18). The van der Waals surface area contributed by atoms with Crippen LogP contribution in [0.2, 0.25) is 0 Å². The molecule has 0 spiro atoms. The van der Waals surface area contributed by atoms with E-state index < -0.39 is 0 Å². The lowest BCUT2D eigenvalue weighted by Gasteiger charge is -2.32. The van der Waals surface area contributed by atoms with Crippen molar-refractivity contribution in [3.05, 3.63) is 34.9 Å². The van der Waals surface area contributed by atoms with Crippen molar-refractivity contribution in [3.63, 3.8) is 0 Å². The number of rotatable bonds is 3. The number of aryl methyl sites for hydroxylation is 2. The summed E-state index contributed by atoms with van der Waals surface area (Å²) in [6, 6.07) is 6.73. The maximum atomic E-state index is 5.77. The van der Waals surface area contributed by atoms with Gasteiger partial charge in [-0.2, -0.15) is 0 Å². The van der Waals surface area contributed by atoms with Crippen molar-refractivity contribution in [2.24, 2.45) is 11.7 Å². The molecular formula is C15H22N2S. The van der Waals surface area contributed by atoms with Crippen molar-refractivity contribution in [1.82, 2.24) is 4.90 Å². The highest BCUT2D eigenvalue weighted by molar-refractivity contribution is 7.80. The number of hydrogen-bond donors (Lipinski definition) is 1. The normalized spacial score (nSPS) is 20.9. The van der Waals surface area contributed by atoms with Gasteiger partial charge in [-0.05, 0) is 49.9 Å². The highest BCUT2D eigenvalue weighted by atomic mass is 32.1. The van der Waals surface area contributed by atoms with Gasteiger partial charge < -0.3 is 5.73 Å². The number of benzene rings is 1. The second-order valence-electron chi connectivity index (χ2n) is 5.40. The molecule has 1 aliphatic heterocycles. The molecule has 2 N–H and O–H groups in total. The summed E-state index contributed by atoms with van der Waals surface area (Å²) < 4.78 is 0. The summed E-state index contributed by atoms with van der Waals surface area (Å²) in [5.41, 5.74) is 9.89. The molecule has 0 aliphatic carbocycles. The zero-order valence-electron chi connectivity index (χ0n) is 11.3. The molecule has 0 aromatic heterocycles. The average molecular weight is 262 g/mol. The molecule has 1 atom stereocenters. The molecule has 1 unspecified atom stereocenters. The van der Waals surface area contributed by atoms with Crippen molar-refractivity contribution >= 4 is 17.2 Å². The van der Waals surface area contributed by atoms with E-state index in [0.29, 0.717) is 10.9 Å². The Morgan fingerprint density at radius 1 is 1.39 bits per heavy atom. The minimum Gasteiger partial charge on any atom is -0.393 e. The number of nitrogens with zero attached hydrogens (tertiary/aromatic N) is 1. The van der Waals surface area contributed by atoms with Gasteiger partial charge in [0, 0.05) is 19.0 Å². The van der Waals surface area contributed by atoms with Crippen LogP contribution in [-0.2, 0) is 6.54 Å². The number of hydrogen-bond acceptors (Lipinski definition) is 2. The molecule has 1 aromatic rings. The predicted molar refractivity (Wildman–Crippen MR) is 80.7 cm³/mol. The molecule has 3 heteroatoms. The third-order valence-electron chi connectivity index (χ3n) is 3.89. The second kappa shape index (κ2) is 5.81. The molecular weight excluding hydrogens is 240 g/mol. The molecule has 2 nitrogen and oxygen atoms in total. The first-order valence-electron chi connectivity index (χ1n) is 6.64. The largest absolute Gasteiger partial charge is 0.393 e. The molecule has 1 heterocycles. The van der Waals surface area contributed by atoms with Crippen LogP contribution in [0.25, 0.3) is 0 Å². The van der Waals surface area contributed by atoms with Gasteiger partial charge in [0.25, 0.3) is 0 Å². The number of nitrogens with two attached hydrogens (primary N) is 1. The monoisotopic (exact) mass is 262 g/mol. The number of thiocarbonyl (C=S) groups is 1. The van der Waals surface area contributed by atoms with E-state index in [1.165, 1.54) is 23.1 Å². The molecule has 0 amide bonds. The summed E-state index contributed by atoms with van der Waals surface area (Å²) in [4.78, 5) is 3.15. The van der Waals surface area contributed by atoms with Gasteiger partial charge in [0.15, 0.2) is 0 Å². The van der Waals surface area contributed by atoms with E-state index in [4.69, 9.17) is 18.0 Å². The van der Waals surface area contributed by atoms with Gasteiger partial charge in [0.05, 0.1) is 4.99 Å². The van der Waals surface area contributed by atoms with Crippen molar-refractivity contribution < 1.29 is 0 Å². The van der Waals surface area contributed by atoms with E-state index in [2.05, 4.69) is 36.9 Å². The van der Waals surface area contributed by atoms with Crippen LogP contribution in [0.15, 0.2) is 18.2 Å². The fraction of sp³-hybridized carbons (Fsp3) is 0.533. The molecule has 98 valence electrons. The first kappa shape index (κ1) is 13.5. The van der Waals surface area contributed by atoms with E-state index in [1.807, 2.05) is 0 Å². The van der Waals surface area contributed by atoms with Gasteiger partial charge >= 0.3 is 0 Å². The van der Waals surface area contributed by atoms with Gasteiger partial charge in [0.2, 0.25) is 0 Å². The third kappa shape index (κ3) is 3.30. The SMILES string of the molecule is Cc1ccc(CN2CCCC(C(N)=S)C2)cc1C. The van der Waals surface area contributed by atoms with Crippen LogP contribution in [0.5, 0.6) is 0 Å². The maximum Gasteiger partial charge on any atom is 0.0771 e. The van der Waals surface area contributed by atoms with Crippen molar-refractivity contribution in [2.45, 2.75) is 33.2 Å². The van der Waals surface area contributed by atoms with Gasteiger partial charge in [-0.15, -0.1) is 0 Å². The highest BCUT2D eigenvalue weighted by Crippen LogP contribution is 2.19. The van der Waals surface area contributed by atoms with E-state index in [0.717, 1.165) is 26.1 Å². The van der Waals surface area contributed by atoms with Gasteiger partial charge in [-0.1, -0.05) is 30.4 Å². The van der Waals surface area contributed by atoms with Crippen molar-refractivity contribution in [2.75, 3.05) is 13.1 Å². The fourth-order valence-electron chi connectivity index (χ4n) is 2.59. The lowest BCUT2D eigenvalue weighted by Crippen LogP contribution is -2.40. The number of piperidine rings is 1. The fourth-order valence-corrected chi connectivity index (χ4v) is 2.78. The summed E-state index contributed by atoms with van der Waals surface area (Å²) in [7, 11) is 0. The zero-order chi connectivity index (χ0) is 13.1. The Kier molecular flexibility index (Phi) is 4.36. The van der Waals surface area contributed by atoms with Crippen molar-refractivity contribution in [1.29, 1.82) is 0 Å². The van der Waals surface area contributed by atoms with Crippen LogP contribution < -0.4 is 5.73 Å². The Hall–Kier alpha value is -0.930. The molecule has 1 aromatic carbocycles. The van der Waals surface area contributed by atoms with Crippen LogP contribution in [0.4, 0.5) is 0 Å². The summed E-state index contributed by atoms with van der Waals surface area (Å²) in [5, 5.41) is 0. The van der Waals surface area contributed by atoms with Crippen LogP contribution in [0, 0.1) is 19.8 Å². The van der Waals surface area contributed by atoms with Gasteiger partial charge in [-0.25, -0.2) is 0 Å². The summed E-state index contributed by atoms with van der Waals surface area (Å²) in [6.07, 6.45) is 2.35. The topological polar surface area (TPSA) is 29.3 Å². The smallest absolute Gasteiger partial charge is 0.0771 e. The molecule has 0 radical (unpaired) electrons. The van der Waals surface area contributed by atoms with Crippen LogP contribution in [0.3, 0.4) is 0 Å². The lowest BCUT2D eigenvalue weighted by molar-refractivity contribution is 0.197. The summed E-state index contributed by atoms with van der Waals surface area (Å²) in [6.45, 7) is 7.52. The molecule has 1 aliphatic rings. The van der Waals surface area contributed by atoms with Gasteiger partial charge in [0.1, 0.15) is 0 Å². The summed E-state index contributed by atoms with van der Waals surface area (Å²) >= 11 is 5.12. The molecule has 0 bridgehead atoms. The minimum absolute atomic E-state index is 0.403. The summed E-state index contributed by atoms with van der Waals surface area (Å²) in [5.74, 6) is 0.403. The van der Waals surface area contributed by atoms with Crippen LogP contribution in [0.1, 0.15) is 29.5 Å². The molecule has 1 fully saturated rings. The Morgan fingerprint density at radius 3 is 2.83 bits per heavy atom. The average Bonchev–Trinajstić information content (AvgIpc) is 2.34. The van der Waals surface area contributed by atoms with E-state index in [-0.39, 0.29) is 0 Å².